The standard InChI is InChI=1S/C19H17F3N2O5/c20-19(21,22)13-7-3-4-8-14(13)23-15(25)10-29-16(26)9-24-17(27)11-5-1-2-6-12(11)18(24)28/h1-4,7-8,11-12H,5-6,9-10H2,(H,23,25)/t11-,12+. The molecule has 1 heterocycles. The number of carbonyl (C=O) groups excluding carboxylic acids is 4. The molecule has 1 aromatic rings. The number of fused-ring (bicyclic) bond motifs is 1. The molecule has 7 nitrogen and oxygen atoms in total. The molecule has 2 aliphatic rings. The van der Waals surface area contributed by atoms with Crippen molar-refractivity contribution in [3.05, 3.63) is 42.0 Å². The van der Waals surface area contributed by atoms with E-state index in [9.17, 15) is 32.3 Å². The second kappa shape index (κ2) is 8.06. The zero-order valence-corrected chi connectivity index (χ0v) is 15.1. The monoisotopic (exact) mass is 410 g/mol. The molecule has 1 aromatic carbocycles. The molecule has 1 N–H and O–H groups in total. The number of allylic oxidation sites excluding steroid dienone is 2. The van der Waals surface area contributed by atoms with Crippen LogP contribution >= 0.6 is 0 Å². The van der Waals surface area contributed by atoms with Crippen molar-refractivity contribution in [1.29, 1.82) is 0 Å². The molecule has 0 saturated carbocycles. The number of nitrogens with one attached hydrogen (secondary N) is 1. The molecule has 0 aromatic heterocycles. The first-order valence-electron chi connectivity index (χ1n) is 8.80. The highest BCUT2D eigenvalue weighted by Gasteiger charge is 2.47. The van der Waals surface area contributed by atoms with Gasteiger partial charge in [-0.2, -0.15) is 13.2 Å². The van der Waals surface area contributed by atoms with Gasteiger partial charge in [0, 0.05) is 0 Å². The van der Waals surface area contributed by atoms with Gasteiger partial charge in [0.1, 0.15) is 6.54 Å². The van der Waals surface area contributed by atoms with Gasteiger partial charge in [-0.15, -0.1) is 0 Å². The Bertz CT molecular complexity index is 855. The third kappa shape index (κ3) is 4.47. The second-order valence-electron chi connectivity index (χ2n) is 6.67. The molecule has 29 heavy (non-hydrogen) atoms. The number of likely N-dealkylation sites (tertiary alicyclic amines) is 1. The van der Waals surface area contributed by atoms with Gasteiger partial charge in [-0.05, 0) is 25.0 Å². The van der Waals surface area contributed by atoms with Crippen LogP contribution in [0.15, 0.2) is 36.4 Å². The van der Waals surface area contributed by atoms with E-state index in [-0.39, 0.29) is 0 Å². The van der Waals surface area contributed by atoms with Crippen LogP contribution in [0, 0.1) is 11.8 Å². The molecule has 3 amide bonds. The Hall–Kier alpha value is -3.17. The molecule has 154 valence electrons. The lowest BCUT2D eigenvalue weighted by Gasteiger charge is -2.15. The number of hydrogen-bond acceptors (Lipinski definition) is 5. The van der Waals surface area contributed by atoms with E-state index in [1.807, 2.05) is 5.32 Å². The molecule has 1 fully saturated rings. The molecule has 0 bridgehead atoms. The maximum absolute atomic E-state index is 12.9. The van der Waals surface area contributed by atoms with Crippen LogP contribution in [0.4, 0.5) is 18.9 Å². The van der Waals surface area contributed by atoms with Gasteiger partial charge in [0.25, 0.3) is 5.91 Å². The number of halogens is 3. The first-order valence-corrected chi connectivity index (χ1v) is 8.80. The Morgan fingerprint density at radius 2 is 1.66 bits per heavy atom. The summed E-state index contributed by atoms with van der Waals surface area (Å²) in [6, 6.07) is 4.37. The van der Waals surface area contributed by atoms with Crippen LogP contribution in [0.1, 0.15) is 18.4 Å². The SMILES string of the molecule is O=C(COC(=O)CN1C(=O)[C@H]2CC=CC[C@H]2C1=O)Nc1ccccc1C(F)(F)F. The third-order valence-corrected chi connectivity index (χ3v) is 4.76. The number of amides is 3. The van der Waals surface area contributed by atoms with Crippen LogP contribution in [0.2, 0.25) is 0 Å². The molecular formula is C19H17F3N2O5. The minimum atomic E-state index is -4.66. The zero-order valence-electron chi connectivity index (χ0n) is 15.1. The predicted octanol–water partition coefficient (Wildman–Crippen LogP) is 2.14. The minimum Gasteiger partial charge on any atom is -0.454 e. The number of anilines is 1. The summed E-state index contributed by atoms with van der Waals surface area (Å²) < 4.78 is 43.5. The van der Waals surface area contributed by atoms with E-state index in [0.717, 1.165) is 17.0 Å². The van der Waals surface area contributed by atoms with Crippen molar-refractivity contribution in [2.75, 3.05) is 18.5 Å². The highest BCUT2D eigenvalue weighted by atomic mass is 19.4. The van der Waals surface area contributed by atoms with Crippen LogP contribution in [0.3, 0.4) is 0 Å². The van der Waals surface area contributed by atoms with Gasteiger partial charge in [0.15, 0.2) is 6.61 Å². The number of rotatable bonds is 5. The average molecular weight is 410 g/mol. The van der Waals surface area contributed by atoms with Crippen molar-refractivity contribution in [1.82, 2.24) is 4.90 Å². The van der Waals surface area contributed by atoms with E-state index < -0.39 is 66.1 Å². The van der Waals surface area contributed by atoms with Gasteiger partial charge >= 0.3 is 12.1 Å². The Morgan fingerprint density at radius 1 is 1.07 bits per heavy atom. The highest BCUT2D eigenvalue weighted by Crippen LogP contribution is 2.35. The Balaban J connectivity index is 1.53. The zero-order chi connectivity index (χ0) is 21.2. The van der Waals surface area contributed by atoms with Crippen molar-refractivity contribution in [3.63, 3.8) is 0 Å². The van der Waals surface area contributed by atoms with Crippen LogP contribution < -0.4 is 5.32 Å². The first-order chi connectivity index (χ1) is 13.7. The molecule has 1 saturated heterocycles. The fraction of sp³-hybridized carbons (Fsp3) is 0.368. The van der Waals surface area contributed by atoms with Crippen LogP contribution in [-0.2, 0) is 30.1 Å². The summed E-state index contributed by atoms with van der Waals surface area (Å²) in [6.07, 6.45) is -0.221. The largest absolute Gasteiger partial charge is 0.454 e. The van der Waals surface area contributed by atoms with Crippen LogP contribution in [-0.4, -0.2) is 41.7 Å². The summed E-state index contributed by atoms with van der Waals surface area (Å²) in [7, 11) is 0. The molecule has 0 radical (unpaired) electrons. The Morgan fingerprint density at radius 3 is 2.24 bits per heavy atom. The van der Waals surface area contributed by atoms with Crippen molar-refractivity contribution >= 4 is 29.4 Å². The topological polar surface area (TPSA) is 92.8 Å². The lowest BCUT2D eigenvalue weighted by atomic mass is 9.85. The normalized spacial score (nSPS) is 21.1. The predicted molar refractivity (Wildman–Crippen MR) is 93.1 cm³/mol. The summed E-state index contributed by atoms with van der Waals surface area (Å²) >= 11 is 0. The van der Waals surface area contributed by atoms with Gasteiger partial charge in [-0.25, -0.2) is 0 Å². The molecule has 10 heteroatoms. The van der Waals surface area contributed by atoms with E-state index in [0.29, 0.717) is 12.8 Å². The van der Waals surface area contributed by atoms with Crippen molar-refractivity contribution in [2.45, 2.75) is 19.0 Å². The molecule has 0 unspecified atom stereocenters. The number of imide groups is 1. The van der Waals surface area contributed by atoms with E-state index in [4.69, 9.17) is 4.74 Å². The van der Waals surface area contributed by atoms with Crippen molar-refractivity contribution < 1.29 is 37.1 Å². The minimum absolute atomic E-state index is 0.418. The summed E-state index contributed by atoms with van der Waals surface area (Å²) in [4.78, 5) is 49.1. The molecule has 1 aliphatic carbocycles. The summed E-state index contributed by atoms with van der Waals surface area (Å²) in [5.74, 6) is -3.91. The van der Waals surface area contributed by atoms with Gasteiger partial charge in [-0.3, -0.25) is 24.1 Å². The quantitative estimate of drug-likeness (QED) is 0.456. The van der Waals surface area contributed by atoms with E-state index in [2.05, 4.69) is 0 Å². The molecule has 3 rings (SSSR count). The first kappa shape index (κ1) is 20.6. The van der Waals surface area contributed by atoms with E-state index >= 15 is 0 Å². The van der Waals surface area contributed by atoms with Gasteiger partial charge in [0.2, 0.25) is 11.8 Å². The number of nitrogens with zero attached hydrogens (tertiary/aromatic N) is 1. The summed E-state index contributed by atoms with van der Waals surface area (Å²) in [5, 5.41) is 2.03. The van der Waals surface area contributed by atoms with E-state index in [1.54, 1.807) is 12.2 Å². The van der Waals surface area contributed by atoms with E-state index in [1.165, 1.54) is 12.1 Å². The summed E-state index contributed by atoms with van der Waals surface area (Å²) in [5.41, 5.74) is -1.51. The smallest absolute Gasteiger partial charge is 0.418 e. The number of carbonyl (C=O) groups is 4. The lowest BCUT2D eigenvalue weighted by molar-refractivity contribution is -0.154. The molecule has 0 spiro atoms. The maximum Gasteiger partial charge on any atom is 0.418 e. The van der Waals surface area contributed by atoms with Crippen LogP contribution in [0.5, 0.6) is 0 Å². The highest BCUT2D eigenvalue weighted by molar-refractivity contribution is 6.07. The number of esters is 1. The number of hydrogen-bond donors (Lipinski definition) is 1. The van der Waals surface area contributed by atoms with Crippen molar-refractivity contribution in [3.8, 4) is 0 Å². The van der Waals surface area contributed by atoms with Gasteiger partial charge in [0.05, 0.1) is 23.1 Å². The van der Waals surface area contributed by atoms with Gasteiger partial charge < -0.3 is 10.1 Å². The number of ether oxygens (including phenoxy) is 1. The fourth-order valence-electron chi connectivity index (χ4n) is 3.37. The number of benzene rings is 1. The Kier molecular flexibility index (Phi) is 5.71. The number of alkyl halides is 3. The average Bonchev–Trinajstić information content (AvgIpc) is 2.91. The third-order valence-electron chi connectivity index (χ3n) is 4.76. The van der Waals surface area contributed by atoms with Gasteiger partial charge in [-0.1, -0.05) is 24.3 Å². The fourth-order valence-corrected chi connectivity index (χ4v) is 3.37. The molecular weight excluding hydrogens is 393 g/mol. The van der Waals surface area contributed by atoms with Crippen LogP contribution in [0.25, 0.3) is 0 Å². The lowest BCUT2D eigenvalue weighted by Crippen LogP contribution is -2.37. The number of para-hydroxylation sites is 1. The second-order valence-corrected chi connectivity index (χ2v) is 6.67. The molecule has 1 aliphatic heterocycles. The molecule has 2 atom stereocenters. The Labute approximate surface area is 163 Å². The maximum atomic E-state index is 12.9. The van der Waals surface area contributed by atoms with Crippen molar-refractivity contribution in [2.24, 2.45) is 11.8 Å². The summed E-state index contributed by atoms with van der Waals surface area (Å²) in [6.45, 7) is -1.49.